The summed E-state index contributed by atoms with van der Waals surface area (Å²) in [6.07, 6.45) is 8.60. The number of amides is 2. The monoisotopic (exact) mass is 285 g/mol. The van der Waals surface area contributed by atoms with Gasteiger partial charge in [-0.3, -0.25) is 9.59 Å². The molecule has 4 aliphatic rings. The fraction of sp³-hybridized carbons (Fsp3) is 0.438. The number of rotatable bonds is 1. The summed E-state index contributed by atoms with van der Waals surface area (Å²) >= 11 is 0. The molecule has 5 heteroatoms. The molecule has 0 spiro atoms. The minimum absolute atomic E-state index is 0.0111. The highest BCUT2D eigenvalue weighted by molar-refractivity contribution is 5.97. The molecule has 2 heterocycles. The molecule has 0 saturated carbocycles. The first-order chi connectivity index (χ1) is 10.1. The quantitative estimate of drug-likeness (QED) is 0.657. The Hall–Kier alpha value is -2.01. The van der Waals surface area contributed by atoms with Crippen molar-refractivity contribution in [3.63, 3.8) is 0 Å². The molecule has 0 aromatic carbocycles. The van der Waals surface area contributed by atoms with E-state index in [1.165, 1.54) is 10.8 Å². The molecule has 0 radical (unpaired) electrons. The van der Waals surface area contributed by atoms with Crippen molar-refractivity contribution in [2.24, 2.45) is 0 Å². The number of nitrogens with zero attached hydrogens (tertiary/aromatic N) is 2. The number of hydrogen-bond acceptors (Lipinski definition) is 3. The van der Waals surface area contributed by atoms with Gasteiger partial charge in [0.1, 0.15) is 17.7 Å². The highest BCUT2D eigenvalue weighted by Crippen LogP contribution is 2.48. The number of hydrogen-bond donors (Lipinski definition) is 0. The van der Waals surface area contributed by atoms with Crippen LogP contribution in [0.1, 0.15) is 6.42 Å². The molecule has 3 atom stereocenters. The van der Waals surface area contributed by atoms with E-state index in [4.69, 9.17) is 4.74 Å². The summed E-state index contributed by atoms with van der Waals surface area (Å²) in [4.78, 5) is 28.2. The highest BCUT2D eigenvalue weighted by Gasteiger charge is 2.61. The van der Waals surface area contributed by atoms with Crippen molar-refractivity contribution >= 4 is 11.8 Å². The lowest BCUT2D eigenvalue weighted by atomic mass is 9.93. The van der Waals surface area contributed by atoms with Crippen LogP contribution in [0.3, 0.4) is 0 Å². The Morgan fingerprint density at radius 2 is 2.14 bits per heavy atom. The summed E-state index contributed by atoms with van der Waals surface area (Å²) in [5.41, 5.74) is 2.24. The van der Waals surface area contributed by atoms with E-state index in [0.717, 1.165) is 17.6 Å². The van der Waals surface area contributed by atoms with Crippen molar-refractivity contribution in [1.82, 2.24) is 9.80 Å². The van der Waals surface area contributed by atoms with Gasteiger partial charge in [0, 0.05) is 50.8 Å². The Labute approximate surface area is 123 Å². The zero-order valence-electron chi connectivity index (χ0n) is 12.1. The topological polar surface area (TPSA) is 49.9 Å². The fourth-order valence-electron chi connectivity index (χ4n) is 4.00. The van der Waals surface area contributed by atoms with Gasteiger partial charge >= 0.3 is 0 Å². The molecule has 21 heavy (non-hydrogen) atoms. The average molecular weight is 285 g/mol. The van der Waals surface area contributed by atoms with Crippen molar-refractivity contribution in [1.29, 1.82) is 0 Å². The van der Waals surface area contributed by atoms with E-state index in [2.05, 4.69) is 12.2 Å². The van der Waals surface area contributed by atoms with Crippen molar-refractivity contribution in [3.8, 4) is 0 Å². The van der Waals surface area contributed by atoms with E-state index in [-0.39, 0.29) is 30.5 Å². The van der Waals surface area contributed by atoms with Crippen LogP contribution in [0, 0.1) is 5.92 Å². The smallest absolute Gasteiger partial charge is 0.249 e. The van der Waals surface area contributed by atoms with Gasteiger partial charge in [0.2, 0.25) is 11.8 Å². The second kappa shape index (κ2) is 4.24. The first-order valence-corrected chi connectivity index (χ1v) is 7.17. The van der Waals surface area contributed by atoms with Crippen LogP contribution in [0.4, 0.5) is 0 Å². The van der Waals surface area contributed by atoms with Crippen LogP contribution in [-0.4, -0.2) is 60.5 Å². The molecular formula is C16H17N2O3+. The van der Waals surface area contributed by atoms with Gasteiger partial charge in [-0.1, -0.05) is 0 Å². The average Bonchev–Trinajstić information content (AvgIpc) is 2.98. The number of carbonyl (C=O) groups is 2. The zero-order chi connectivity index (χ0) is 14.7. The third-order valence-electron chi connectivity index (χ3n) is 4.87. The van der Waals surface area contributed by atoms with Gasteiger partial charge < -0.3 is 14.5 Å². The predicted molar refractivity (Wildman–Crippen MR) is 76.0 cm³/mol. The van der Waals surface area contributed by atoms with E-state index in [1.54, 1.807) is 19.1 Å². The Bertz CT molecular complexity index is 619. The van der Waals surface area contributed by atoms with Crippen LogP contribution < -0.4 is 0 Å². The van der Waals surface area contributed by atoms with E-state index in [9.17, 15) is 9.59 Å². The number of carbonyl (C=O) groups excluding carboxylic acids is 2. The highest BCUT2D eigenvalue weighted by atomic mass is 16.5. The molecule has 5 nitrogen and oxygen atoms in total. The maximum absolute atomic E-state index is 12.5. The zero-order valence-corrected chi connectivity index (χ0v) is 12.1. The van der Waals surface area contributed by atoms with Gasteiger partial charge in [0.15, 0.2) is 6.04 Å². The number of methoxy groups -OCH3 is 1. The minimum Gasteiger partial charge on any atom is -0.364 e. The fourth-order valence-corrected chi connectivity index (χ4v) is 4.00. The van der Waals surface area contributed by atoms with Crippen molar-refractivity contribution in [2.75, 3.05) is 20.7 Å². The molecule has 0 aromatic rings. The normalized spacial score (nSPS) is 33.8. The lowest BCUT2D eigenvalue weighted by Gasteiger charge is -2.37. The summed E-state index contributed by atoms with van der Waals surface area (Å²) in [5, 5.41) is 0. The van der Waals surface area contributed by atoms with Gasteiger partial charge in [-0.2, -0.15) is 0 Å². The lowest BCUT2D eigenvalue weighted by Crippen LogP contribution is -2.60. The molecule has 2 aliphatic heterocycles. The van der Waals surface area contributed by atoms with Crippen molar-refractivity contribution in [3.05, 3.63) is 41.4 Å². The molecule has 4 rings (SSSR count). The molecule has 0 N–H and O–H groups in total. The first-order valence-electron chi connectivity index (χ1n) is 7.17. The number of fused-ring (bicyclic) bond motifs is 4. The third kappa shape index (κ3) is 1.52. The van der Waals surface area contributed by atoms with Crippen LogP contribution in [0.5, 0.6) is 0 Å². The third-order valence-corrected chi connectivity index (χ3v) is 4.87. The summed E-state index contributed by atoms with van der Waals surface area (Å²) < 4.78 is 5.64. The lowest BCUT2D eigenvalue weighted by molar-refractivity contribution is -0.157. The molecule has 2 saturated heterocycles. The molecule has 2 fully saturated rings. The molecule has 108 valence electrons. The summed E-state index contributed by atoms with van der Waals surface area (Å²) in [7, 11) is 3.29. The van der Waals surface area contributed by atoms with E-state index in [1.807, 2.05) is 12.2 Å². The maximum atomic E-state index is 12.5. The number of likely N-dealkylation sites (N-methyl/N-ethyl adjacent to an activating group) is 1. The second-order valence-electron chi connectivity index (χ2n) is 5.93. The molecule has 0 unspecified atom stereocenters. The van der Waals surface area contributed by atoms with Gasteiger partial charge in [0.25, 0.3) is 0 Å². The molecule has 0 bridgehead atoms. The Morgan fingerprint density at radius 3 is 2.90 bits per heavy atom. The summed E-state index contributed by atoms with van der Waals surface area (Å²) in [6.45, 7) is 0.159. The number of piperazine rings is 1. The number of allylic oxidation sites excluding steroid dienone is 5. The Balaban J connectivity index is 1.84. The number of ether oxygens (including phenoxy) is 1. The predicted octanol–water partition coefficient (Wildman–Crippen LogP) is 0.454. The van der Waals surface area contributed by atoms with Gasteiger partial charge in [0.05, 0.1) is 12.1 Å². The molecule has 2 aliphatic carbocycles. The Morgan fingerprint density at radius 1 is 1.33 bits per heavy atom. The Kier molecular flexibility index (Phi) is 2.57. The van der Waals surface area contributed by atoms with E-state index < -0.39 is 6.04 Å². The molecule has 2 amide bonds. The first kappa shape index (κ1) is 12.7. The standard InChI is InChI=1S/C16H17N2O3/c1-17-8-12(19)18-11-7-9-5-3-4-6-10(9)13(11)15(21-2)14(18)16(17)20/h3-6,11,14-15H,7-8H2,1-2H3/q+1/t11-,14-,15-/m0/s1. The van der Waals surface area contributed by atoms with Crippen molar-refractivity contribution in [2.45, 2.75) is 24.6 Å². The second-order valence-corrected chi connectivity index (χ2v) is 5.93. The SMILES string of the molecule is CO[C@H]1C2=C3C=CC=C[C+]3C[C@@H]2N2C(=O)CN(C)C(=O)[C@H]12. The van der Waals surface area contributed by atoms with Gasteiger partial charge in [-0.05, 0) is 0 Å². The van der Waals surface area contributed by atoms with E-state index >= 15 is 0 Å². The van der Waals surface area contributed by atoms with Crippen LogP contribution in [0.15, 0.2) is 35.5 Å². The van der Waals surface area contributed by atoms with Gasteiger partial charge in [-0.15, -0.1) is 0 Å². The van der Waals surface area contributed by atoms with Crippen LogP contribution in [0.25, 0.3) is 0 Å². The van der Waals surface area contributed by atoms with Crippen molar-refractivity contribution < 1.29 is 14.3 Å². The maximum Gasteiger partial charge on any atom is 0.249 e. The van der Waals surface area contributed by atoms with Crippen LogP contribution in [-0.2, 0) is 14.3 Å². The minimum atomic E-state index is -0.505. The van der Waals surface area contributed by atoms with Crippen LogP contribution >= 0.6 is 0 Å². The van der Waals surface area contributed by atoms with E-state index in [0.29, 0.717) is 0 Å². The summed E-state index contributed by atoms with van der Waals surface area (Å²) in [6, 6.07) is -0.530. The molecule has 0 aromatic heterocycles. The largest absolute Gasteiger partial charge is 0.364 e. The molecular weight excluding hydrogens is 268 g/mol. The van der Waals surface area contributed by atoms with Crippen LogP contribution in [0.2, 0.25) is 0 Å². The summed E-state index contributed by atoms with van der Waals surface area (Å²) in [5.74, 6) is 1.22. The van der Waals surface area contributed by atoms with Gasteiger partial charge in [-0.25, -0.2) is 0 Å².